The van der Waals surface area contributed by atoms with E-state index in [0.717, 1.165) is 18.3 Å². The highest BCUT2D eigenvalue weighted by Crippen LogP contribution is 2.60. The minimum atomic E-state index is -0.251. The molecular weight excluding hydrogens is 398 g/mol. The molecule has 4 atom stereocenters. The van der Waals surface area contributed by atoms with Gasteiger partial charge in [-0.1, -0.05) is 19.4 Å². The summed E-state index contributed by atoms with van der Waals surface area (Å²) in [5.74, 6) is 3.15. The van der Waals surface area contributed by atoms with Crippen molar-refractivity contribution in [2.75, 3.05) is 55.6 Å². The molecule has 0 radical (unpaired) electrons. The van der Waals surface area contributed by atoms with Gasteiger partial charge in [0.05, 0.1) is 42.3 Å². The third-order valence-corrected chi connectivity index (χ3v) is 8.13. The van der Waals surface area contributed by atoms with Gasteiger partial charge in [-0.2, -0.15) is 0 Å². The second-order valence-electron chi connectivity index (χ2n) is 13.1. The molecular formula is C27H45N3O2+2. The van der Waals surface area contributed by atoms with E-state index < -0.39 is 0 Å². The average Bonchev–Trinajstić information content (AvgIpc) is 3.06. The van der Waals surface area contributed by atoms with Gasteiger partial charge in [-0.05, 0) is 85.0 Å². The van der Waals surface area contributed by atoms with E-state index >= 15 is 0 Å². The van der Waals surface area contributed by atoms with E-state index in [1.54, 1.807) is 0 Å². The highest BCUT2D eigenvalue weighted by Gasteiger charge is 2.50. The van der Waals surface area contributed by atoms with Gasteiger partial charge in [-0.25, -0.2) is 9.69 Å². The number of benzene rings is 1. The van der Waals surface area contributed by atoms with E-state index in [0.29, 0.717) is 39.4 Å². The molecule has 3 aliphatic carbocycles. The molecule has 0 saturated heterocycles. The fourth-order valence-corrected chi connectivity index (χ4v) is 6.97. The standard InChI is InChI=1S/C27H45N3O2/c1-27-15-8-9-25(27)24-12-10-20-17-21(11-13-22(20)23(24)14-16-27)32-26(31)28(18-29(2,3)4)19-30(5,6)7/h11,13,17,23-25H,8-10,12,14-16,18-19H2,1-7H3/q+2/t23-,24-,25+,27+/m1/s1. The Bertz CT molecular complexity index is 837. The van der Waals surface area contributed by atoms with Gasteiger partial charge in [0, 0.05) is 0 Å². The van der Waals surface area contributed by atoms with Gasteiger partial charge in [0.1, 0.15) is 5.75 Å². The first kappa shape index (κ1) is 23.6. The Morgan fingerprint density at radius 3 is 2.38 bits per heavy atom. The van der Waals surface area contributed by atoms with E-state index in [2.05, 4.69) is 61.3 Å². The molecule has 0 heterocycles. The number of fused-ring (bicyclic) bond motifs is 5. The van der Waals surface area contributed by atoms with Crippen LogP contribution in [0.4, 0.5) is 4.79 Å². The van der Waals surface area contributed by atoms with Crippen molar-refractivity contribution in [3.8, 4) is 5.75 Å². The van der Waals surface area contributed by atoms with E-state index in [1.165, 1.54) is 49.7 Å². The molecule has 0 N–H and O–H groups in total. The monoisotopic (exact) mass is 443 g/mol. The molecule has 0 aromatic heterocycles. The number of rotatable bonds is 5. The first-order chi connectivity index (χ1) is 14.8. The van der Waals surface area contributed by atoms with Crippen LogP contribution in [-0.2, 0) is 6.42 Å². The number of ether oxygens (including phenoxy) is 1. The van der Waals surface area contributed by atoms with Crippen LogP contribution in [0.15, 0.2) is 18.2 Å². The van der Waals surface area contributed by atoms with Crippen LogP contribution < -0.4 is 4.74 Å². The van der Waals surface area contributed by atoms with Gasteiger partial charge in [-0.15, -0.1) is 0 Å². The van der Waals surface area contributed by atoms with Crippen LogP contribution in [-0.4, -0.2) is 75.6 Å². The lowest BCUT2D eigenvalue weighted by molar-refractivity contribution is -0.906. The van der Waals surface area contributed by atoms with E-state index in [1.807, 2.05) is 11.0 Å². The van der Waals surface area contributed by atoms with Crippen LogP contribution in [0, 0.1) is 17.3 Å². The number of hydrogen-bond donors (Lipinski definition) is 0. The highest BCUT2D eigenvalue weighted by molar-refractivity contribution is 5.70. The van der Waals surface area contributed by atoms with Crippen LogP contribution in [0.2, 0.25) is 0 Å². The second-order valence-corrected chi connectivity index (χ2v) is 13.1. The summed E-state index contributed by atoms with van der Waals surface area (Å²) >= 11 is 0. The van der Waals surface area contributed by atoms with Crippen molar-refractivity contribution < 1.29 is 18.5 Å². The molecule has 1 aromatic rings. The maximum Gasteiger partial charge on any atom is 0.424 e. The number of nitrogens with zero attached hydrogens (tertiary/aromatic N) is 3. The van der Waals surface area contributed by atoms with Crippen LogP contribution in [0.5, 0.6) is 5.75 Å². The number of carbonyl (C=O) groups is 1. The molecule has 2 saturated carbocycles. The number of quaternary nitrogens is 2. The maximum atomic E-state index is 13.1. The highest BCUT2D eigenvalue weighted by atomic mass is 16.6. The smallest absolute Gasteiger partial charge is 0.410 e. The van der Waals surface area contributed by atoms with Crippen molar-refractivity contribution >= 4 is 6.09 Å². The van der Waals surface area contributed by atoms with E-state index in [-0.39, 0.29) is 6.09 Å². The molecule has 2 fully saturated rings. The zero-order valence-corrected chi connectivity index (χ0v) is 21.5. The normalized spacial score (nSPS) is 29.7. The molecule has 4 rings (SSSR count). The van der Waals surface area contributed by atoms with Crippen molar-refractivity contribution in [3.63, 3.8) is 0 Å². The predicted molar refractivity (Wildman–Crippen MR) is 129 cm³/mol. The van der Waals surface area contributed by atoms with Crippen molar-refractivity contribution in [1.29, 1.82) is 0 Å². The Labute approximate surface area is 195 Å². The lowest BCUT2D eigenvalue weighted by atomic mass is 9.56. The quantitative estimate of drug-likeness (QED) is 0.470. The number of aryl methyl sites for hydroxylation is 1. The SMILES string of the molecule is C[C@@]12CCC[C@H]1[C@@H]1CCc3cc(OC(=O)N(C[N+](C)(C)C)C[N+](C)(C)C)ccc3[C@H]1CC2. The number of carbonyl (C=O) groups excluding carboxylic acids is 1. The third kappa shape index (κ3) is 4.99. The van der Waals surface area contributed by atoms with E-state index in [9.17, 15) is 4.79 Å². The fraction of sp³-hybridized carbons (Fsp3) is 0.741. The van der Waals surface area contributed by atoms with Crippen LogP contribution in [0.3, 0.4) is 0 Å². The summed E-state index contributed by atoms with van der Waals surface area (Å²) in [5.41, 5.74) is 3.53. The van der Waals surface area contributed by atoms with Crippen LogP contribution >= 0.6 is 0 Å². The van der Waals surface area contributed by atoms with Gasteiger partial charge in [-0.3, -0.25) is 0 Å². The summed E-state index contributed by atoms with van der Waals surface area (Å²) < 4.78 is 7.29. The Balaban J connectivity index is 1.49. The predicted octanol–water partition coefficient (Wildman–Crippen LogP) is 5.06. The minimum Gasteiger partial charge on any atom is -0.410 e. The molecule has 5 nitrogen and oxygen atoms in total. The number of amides is 1. The maximum absolute atomic E-state index is 13.1. The average molecular weight is 444 g/mol. The van der Waals surface area contributed by atoms with Crippen molar-refractivity contribution in [2.45, 2.75) is 57.8 Å². The van der Waals surface area contributed by atoms with Crippen molar-refractivity contribution in [2.24, 2.45) is 17.3 Å². The summed E-state index contributed by atoms with van der Waals surface area (Å²) in [7, 11) is 12.6. The summed E-state index contributed by atoms with van der Waals surface area (Å²) in [6.45, 7) is 3.78. The summed E-state index contributed by atoms with van der Waals surface area (Å²) in [4.78, 5) is 14.9. The Hall–Kier alpha value is -1.59. The summed E-state index contributed by atoms with van der Waals surface area (Å²) in [6, 6.07) is 6.47. The van der Waals surface area contributed by atoms with Gasteiger partial charge in [0.2, 0.25) is 0 Å². The topological polar surface area (TPSA) is 29.5 Å². The Kier molecular flexibility index (Phi) is 6.13. The largest absolute Gasteiger partial charge is 0.424 e. The van der Waals surface area contributed by atoms with Crippen LogP contribution in [0.1, 0.15) is 62.5 Å². The van der Waals surface area contributed by atoms with E-state index in [4.69, 9.17) is 4.74 Å². The lowest BCUT2D eigenvalue weighted by Gasteiger charge is -2.49. The first-order valence-corrected chi connectivity index (χ1v) is 12.6. The zero-order valence-electron chi connectivity index (χ0n) is 21.5. The molecule has 32 heavy (non-hydrogen) atoms. The first-order valence-electron chi connectivity index (χ1n) is 12.6. The molecule has 1 aromatic carbocycles. The third-order valence-electron chi connectivity index (χ3n) is 8.13. The Morgan fingerprint density at radius 1 is 1.03 bits per heavy atom. The van der Waals surface area contributed by atoms with Crippen LogP contribution in [0.25, 0.3) is 0 Å². The summed E-state index contributed by atoms with van der Waals surface area (Å²) in [5, 5.41) is 0. The molecule has 0 aliphatic heterocycles. The van der Waals surface area contributed by atoms with Crippen molar-refractivity contribution in [3.05, 3.63) is 29.3 Å². The van der Waals surface area contributed by atoms with Crippen molar-refractivity contribution in [1.82, 2.24) is 4.90 Å². The molecule has 178 valence electrons. The number of hydrogen-bond acceptors (Lipinski definition) is 2. The molecule has 0 spiro atoms. The molecule has 1 amide bonds. The lowest BCUT2D eigenvalue weighted by Crippen LogP contribution is -2.55. The van der Waals surface area contributed by atoms with Gasteiger partial charge in [0.25, 0.3) is 0 Å². The van der Waals surface area contributed by atoms with Gasteiger partial charge < -0.3 is 13.7 Å². The van der Waals surface area contributed by atoms with Gasteiger partial charge >= 0.3 is 6.09 Å². The second kappa shape index (κ2) is 8.32. The molecule has 5 heteroatoms. The Morgan fingerprint density at radius 2 is 1.72 bits per heavy atom. The fourth-order valence-electron chi connectivity index (χ4n) is 6.97. The summed E-state index contributed by atoms with van der Waals surface area (Å²) in [6.07, 6.45) is 9.14. The molecule has 0 unspecified atom stereocenters. The molecule has 0 bridgehead atoms. The van der Waals surface area contributed by atoms with Gasteiger partial charge in [0.15, 0.2) is 13.3 Å². The molecule has 3 aliphatic rings. The zero-order chi connectivity index (χ0) is 23.3. The minimum absolute atomic E-state index is 0.251.